The zero-order valence-electron chi connectivity index (χ0n) is 6.84. The van der Waals surface area contributed by atoms with Crippen molar-refractivity contribution in [1.82, 2.24) is 0 Å². The van der Waals surface area contributed by atoms with Crippen LogP contribution in [0.4, 0.5) is 0 Å². The van der Waals surface area contributed by atoms with Crippen LogP contribution < -0.4 is 5.73 Å². The summed E-state index contributed by atoms with van der Waals surface area (Å²) in [6.07, 6.45) is 1.61. The van der Waals surface area contributed by atoms with E-state index in [0.29, 0.717) is 11.7 Å². The maximum absolute atomic E-state index is 10.4. The standard InChI is InChI=1S/C6H12NO3PS/c1-4-2-5(7)3-6(12-4)10-11(8)9/h4-6H,2-3,7H2,1H3/p+1. The highest BCUT2D eigenvalue weighted by Crippen LogP contribution is 2.36. The lowest BCUT2D eigenvalue weighted by atomic mass is 10.1. The molecule has 70 valence electrons. The Morgan fingerprint density at radius 1 is 1.67 bits per heavy atom. The zero-order chi connectivity index (χ0) is 9.14. The minimum atomic E-state index is -2.49. The molecule has 6 heteroatoms. The molecule has 0 aromatic heterocycles. The lowest BCUT2D eigenvalue weighted by molar-refractivity contribution is 0.234. The topological polar surface area (TPSA) is 72.5 Å². The van der Waals surface area contributed by atoms with E-state index in [1.165, 1.54) is 0 Å². The van der Waals surface area contributed by atoms with Gasteiger partial charge in [-0.25, -0.2) is 0 Å². The summed E-state index contributed by atoms with van der Waals surface area (Å²) < 4.78 is 15.1. The molecule has 1 saturated heterocycles. The zero-order valence-corrected chi connectivity index (χ0v) is 8.55. The fraction of sp³-hybridized carbons (Fsp3) is 1.00. The molecule has 4 nitrogen and oxygen atoms in total. The van der Waals surface area contributed by atoms with E-state index in [9.17, 15) is 4.57 Å². The van der Waals surface area contributed by atoms with Crippen LogP contribution in [-0.2, 0) is 9.09 Å². The SMILES string of the molecule is CC1CC(N)CC(O[P+](=O)O)S1. The largest absolute Gasteiger partial charge is 0.695 e. The van der Waals surface area contributed by atoms with E-state index in [4.69, 9.17) is 15.2 Å². The molecule has 0 aromatic carbocycles. The summed E-state index contributed by atoms with van der Waals surface area (Å²) in [6, 6.07) is 0.0983. The lowest BCUT2D eigenvalue weighted by Crippen LogP contribution is -2.33. The Kier molecular flexibility index (Phi) is 3.93. The van der Waals surface area contributed by atoms with E-state index in [-0.39, 0.29) is 11.5 Å². The quantitative estimate of drug-likeness (QED) is 0.670. The van der Waals surface area contributed by atoms with Gasteiger partial charge in [-0.2, -0.15) is 0 Å². The maximum Gasteiger partial charge on any atom is 0.695 e. The Morgan fingerprint density at radius 3 is 2.83 bits per heavy atom. The normalized spacial score (nSPS) is 37.9. The number of rotatable bonds is 2. The van der Waals surface area contributed by atoms with Gasteiger partial charge in [0.25, 0.3) is 0 Å². The van der Waals surface area contributed by atoms with Crippen molar-refractivity contribution < 1.29 is 14.0 Å². The molecule has 0 amide bonds. The average Bonchev–Trinajstić information content (AvgIpc) is 1.81. The predicted octanol–water partition coefficient (Wildman–Crippen LogP) is 1.22. The second-order valence-corrected chi connectivity index (χ2v) is 5.24. The van der Waals surface area contributed by atoms with Crippen LogP contribution in [0.25, 0.3) is 0 Å². The maximum atomic E-state index is 10.4. The molecule has 12 heavy (non-hydrogen) atoms. The van der Waals surface area contributed by atoms with Gasteiger partial charge in [-0.1, -0.05) is 6.92 Å². The van der Waals surface area contributed by atoms with Crippen LogP contribution in [0.1, 0.15) is 19.8 Å². The molecule has 0 spiro atoms. The van der Waals surface area contributed by atoms with Crippen molar-refractivity contribution in [1.29, 1.82) is 0 Å². The molecular formula is C6H13NO3PS+. The highest BCUT2D eigenvalue weighted by Gasteiger charge is 2.31. The van der Waals surface area contributed by atoms with E-state index in [1.807, 2.05) is 6.92 Å². The summed E-state index contributed by atoms with van der Waals surface area (Å²) in [4.78, 5) is 8.51. The summed E-state index contributed by atoms with van der Waals surface area (Å²) in [5.41, 5.74) is 5.51. The van der Waals surface area contributed by atoms with Crippen molar-refractivity contribution in [3.05, 3.63) is 0 Å². The third-order valence-electron chi connectivity index (χ3n) is 1.72. The second kappa shape index (κ2) is 4.53. The van der Waals surface area contributed by atoms with Crippen molar-refractivity contribution in [2.24, 2.45) is 5.73 Å². The Labute approximate surface area is 76.8 Å². The first-order valence-corrected chi connectivity index (χ1v) is 5.89. The predicted molar refractivity (Wildman–Crippen MR) is 49.0 cm³/mol. The van der Waals surface area contributed by atoms with Crippen molar-refractivity contribution >= 4 is 20.0 Å². The van der Waals surface area contributed by atoms with Gasteiger partial charge >= 0.3 is 8.25 Å². The number of hydrogen-bond acceptors (Lipinski definition) is 4. The van der Waals surface area contributed by atoms with Crippen LogP contribution >= 0.6 is 20.0 Å². The van der Waals surface area contributed by atoms with Crippen molar-refractivity contribution in [2.75, 3.05) is 0 Å². The summed E-state index contributed by atoms with van der Waals surface area (Å²) >= 11 is 1.57. The molecule has 1 rings (SSSR count). The highest BCUT2D eigenvalue weighted by molar-refractivity contribution is 8.00. The molecule has 1 aliphatic rings. The molecule has 4 unspecified atom stereocenters. The van der Waals surface area contributed by atoms with Crippen LogP contribution in [0.2, 0.25) is 0 Å². The number of nitrogens with two attached hydrogens (primary N) is 1. The van der Waals surface area contributed by atoms with E-state index in [2.05, 4.69) is 0 Å². The third kappa shape index (κ3) is 3.37. The molecule has 0 bridgehead atoms. The molecule has 1 heterocycles. The molecular weight excluding hydrogens is 197 g/mol. The van der Waals surface area contributed by atoms with Gasteiger partial charge in [-0.05, 0) is 6.42 Å². The number of thioether (sulfide) groups is 1. The van der Waals surface area contributed by atoms with Crippen molar-refractivity contribution in [2.45, 2.75) is 36.5 Å². The first-order valence-electron chi connectivity index (χ1n) is 3.82. The number of hydrogen-bond donors (Lipinski definition) is 2. The minimum Gasteiger partial charge on any atom is -0.328 e. The molecule has 1 aliphatic heterocycles. The van der Waals surface area contributed by atoms with Gasteiger partial charge < -0.3 is 5.73 Å². The smallest absolute Gasteiger partial charge is 0.328 e. The third-order valence-corrected chi connectivity index (χ3v) is 3.55. The Balaban J connectivity index is 2.38. The Hall–Kier alpha value is 0.330. The summed E-state index contributed by atoms with van der Waals surface area (Å²) in [5.74, 6) is 0. The van der Waals surface area contributed by atoms with Crippen LogP contribution in [0.5, 0.6) is 0 Å². The van der Waals surface area contributed by atoms with Crippen molar-refractivity contribution in [3.63, 3.8) is 0 Å². The summed E-state index contributed by atoms with van der Waals surface area (Å²) in [5, 5.41) is 0.411. The van der Waals surface area contributed by atoms with Gasteiger partial charge in [0.1, 0.15) is 0 Å². The molecule has 0 aromatic rings. The summed E-state index contributed by atoms with van der Waals surface area (Å²) in [7, 11) is -2.49. The van der Waals surface area contributed by atoms with E-state index in [1.54, 1.807) is 11.8 Å². The molecule has 1 fully saturated rings. The Morgan fingerprint density at radius 2 is 2.33 bits per heavy atom. The average molecular weight is 210 g/mol. The first kappa shape index (κ1) is 10.4. The van der Waals surface area contributed by atoms with Crippen molar-refractivity contribution in [3.8, 4) is 0 Å². The highest BCUT2D eigenvalue weighted by atomic mass is 32.2. The van der Waals surface area contributed by atoms with Crippen LogP contribution in [0, 0.1) is 0 Å². The lowest BCUT2D eigenvalue weighted by Gasteiger charge is -2.26. The van der Waals surface area contributed by atoms with Crippen LogP contribution in [0.15, 0.2) is 0 Å². The minimum absolute atomic E-state index is 0.0983. The second-order valence-electron chi connectivity index (χ2n) is 2.95. The molecule has 0 saturated carbocycles. The fourth-order valence-corrected chi connectivity index (χ4v) is 3.25. The molecule has 0 radical (unpaired) electrons. The Bertz CT molecular complexity index is 170. The summed E-state index contributed by atoms with van der Waals surface area (Å²) in [6.45, 7) is 2.05. The fourth-order valence-electron chi connectivity index (χ4n) is 1.31. The van der Waals surface area contributed by atoms with E-state index >= 15 is 0 Å². The van der Waals surface area contributed by atoms with Crippen LogP contribution in [-0.4, -0.2) is 21.6 Å². The van der Waals surface area contributed by atoms with Gasteiger partial charge in [-0.3, -0.25) is 0 Å². The van der Waals surface area contributed by atoms with E-state index in [0.717, 1.165) is 6.42 Å². The molecule has 0 aliphatic carbocycles. The van der Waals surface area contributed by atoms with Gasteiger partial charge in [0.2, 0.25) is 0 Å². The van der Waals surface area contributed by atoms with Gasteiger partial charge in [0.05, 0.1) is 0 Å². The van der Waals surface area contributed by atoms with Gasteiger partial charge in [0, 0.05) is 22.3 Å². The molecule has 4 atom stereocenters. The monoisotopic (exact) mass is 210 g/mol. The van der Waals surface area contributed by atoms with E-state index < -0.39 is 8.25 Å². The molecule has 3 N–H and O–H groups in total. The van der Waals surface area contributed by atoms with Gasteiger partial charge in [-0.15, -0.1) is 21.2 Å². The van der Waals surface area contributed by atoms with Gasteiger partial charge in [0.15, 0.2) is 5.44 Å². The first-order chi connectivity index (χ1) is 5.58. The van der Waals surface area contributed by atoms with Crippen LogP contribution in [0.3, 0.4) is 0 Å².